The van der Waals surface area contributed by atoms with Crippen molar-refractivity contribution < 1.29 is 19.7 Å². The summed E-state index contributed by atoms with van der Waals surface area (Å²) in [5.41, 5.74) is 1.06. The Balaban J connectivity index is 2.26. The van der Waals surface area contributed by atoms with Crippen LogP contribution in [0.5, 0.6) is 5.75 Å². The molecule has 5 heteroatoms. The molecule has 1 heterocycles. The van der Waals surface area contributed by atoms with Gasteiger partial charge in [0.05, 0.1) is 18.8 Å². The number of hydrogen-bond donors (Lipinski definition) is 2. The summed E-state index contributed by atoms with van der Waals surface area (Å²) in [6.45, 7) is 0.672. The van der Waals surface area contributed by atoms with E-state index in [0.717, 1.165) is 0 Å². The quantitative estimate of drug-likeness (QED) is 0.759. The van der Waals surface area contributed by atoms with Gasteiger partial charge in [-0.05, 0) is 24.6 Å². The molecule has 0 aromatic heterocycles. The van der Waals surface area contributed by atoms with Crippen LogP contribution in [0.1, 0.15) is 22.3 Å². The second-order valence-corrected chi connectivity index (χ2v) is 4.57. The number of aliphatic hydroxyl groups is 2. The van der Waals surface area contributed by atoms with Crippen LogP contribution >= 0.6 is 0 Å². The van der Waals surface area contributed by atoms with Gasteiger partial charge in [0.1, 0.15) is 12.4 Å². The third-order valence-electron chi connectivity index (χ3n) is 3.20. The zero-order chi connectivity index (χ0) is 14.5. The highest BCUT2D eigenvalue weighted by Crippen LogP contribution is 2.21. The Kier molecular flexibility index (Phi) is 4.61. The summed E-state index contributed by atoms with van der Waals surface area (Å²) in [6.07, 6.45) is 0.171. The third kappa shape index (κ3) is 3.10. The molecule has 20 heavy (non-hydrogen) atoms. The maximum absolute atomic E-state index is 12.3. The van der Waals surface area contributed by atoms with E-state index in [1.165, 1.54) is 7.11 Å². The summed E-state index contributed by atoms with van der Waals surface area (Å²) in [5, 5.41) is 18.2. The number of β-amino-alcohol motifs (C(OH)–C–C–N with tert-alkyl or cyclic N) is 1. The molecule has 0 radical (unpaired) electrons. The largest absolute Gasteiger partial charge is 0.495 e. The van der Waals surface area contributed by atoms with E-state index in [-0.39, 0.29) is 12.5 Å². The van der Waals surface area contributed by atoms with Gasteiger partial charge in [-0.2, -0.15) is 0 Å². The lowest BCUT2D eigenvalue weighted by molar-refractivity contribution is 0.0765. The fraction of sp³-hybridized carbons (Fsp3) is 0.400. The molecule has 0 spiro atoms. The van der Waals surface area contributed by atoms with Gasteiger partial charge in [-0.3, -0.25) is 4.79 Å². The smallest absolute Gasteiger partial charge is 0.253 e. The van der Waals surface area contributed by atoms with E-state index in [0.29, 0.717) is 36.4 Å². The number of hydrogen-bond acceptors (Lipinski definition) is 4. The average molecular weight is 275 g/mol. The van der Waals surface area contributed by atoms with Gasteiger partial charge in [0.15, 0.2) is 0 Å². The summed E-state index contributed by atoms with van der Waals surface area (Å²) in [6, 6.07) is 5.01. The Morgan fingerprint density at radius 1 is 1.55 bits per heavy atom. The molecule has 2 rings (SSSR count). The lowest BCUT2D eigenvalue weighted by Crippen LogP contribution is -2.29. The van der Waals surface area contributed by atoms with Crippen LogP contribution in [-0.2, 0) is 0 Å². The molecule has 1 saturated heterocycles. The number of carbonyl (C=O) groups excluding carboxylic acids is 1. The summed E-state index contributed by atoms with van der Waals surface area (Å²) < 4.78 is 5.17. The zero-order valence-electron chi connectivity index (χ0n) is 11.3. The molecule has 1 aromatic carbocycles. The topological polar surface area (TPSA) is 70.0 Å². The fourth-order valence-corrected chi connectivity index (χ4v) is 2.18. The number of ether oxygens (including phenoxy) is 1. The SMILES string of the molecule is COc1ccc(C(=O)N2CCC(O)C2)cc1C#CCO. The van der Waals surface area contributed by atoms with Gasteiger partial charge in [-0.15, -0.1) is 0 Å². The average Bonchev–Trinajstić information content (AvgIpc) is 2.90. The van der Waals surface area contributed by atoms with Gasteiger partial charge in [0.2, 0.25) is 0 Å². The minimum absolute atomic E-state index is 0.128. The van der Waals surface area contributed by atoms with Gasteiger partial charge < -0.3 is 19.8 Å². The lowest BCUT2D eigenvalue weighted by Gasteiger charge is -2.16. The normalized spacial score (nSPS) is 17.6. The van der Waals surface area contributed by atoms with E-state index in [9.17, 15) is 9.90 Å². The molecule has 0 bridgehead atoms. The van der Waals surface area contributed by atoms with Crippen LogP contribution in [0.4, 0.5) is 0 Å². The number of carbonyl (C=O) groups is 1. The fourth-order valence-electron chi connectivity index (χ4n) is 2.18. The first kappa shape index (κ1) is 14.4. The Morgan fingerprint density at radius 3 is 2.95 bits per heavy atom. The van der Waals surface area contributed by atoms with Crippen LogP contribution in [0.25, 0.3) is 0 Å². The van der Waals surface area contributed by atoms with Gasteiger partial charge in [0.25, 0.3) is 5.91 Å². The van der Waals surface area contributed by atoms with Crippen molar-refractivity contribution in [3.8, 4) is 17.6 Å². The van der Waals surface area contributed by atoms with Crippen molar-refractivity contribution in [1.82, 2.24) is 4.90 Å². The highest BCUT2D eigenvalue weighted by atomic mass is 16.5. The number of likely N-dealkylation sites (tertiary alicyclic amines) is 1. The Hall–Kier alpha value is -2.03. The molecule has 1 aliphatic rings. The molecule has 1 aromatic rings. The van der Waals surface area contributed by atoms with E-state index in [1.54, 1.807) is 23.1 Å². The Bertz CT molecular complexity index is 559. The summed E-state index contributed by atoms with van der Waals surface area (Å²) in [5.74, 6) is 5.74. The van der Waals surface area contributed by atoms with Gasteiger partial charge in [-0.1, -0.05) is 11.8 Å². The molecule has 1 unspecified atom stereocenters. The first-order valence-corrected chi connectivity index (χ1v) is 6.41. The van der Waals surface area contributed by atoms with Crippen molar-refractivity contribution >= 4 is 5.91 Å². The van der Waals surface area contributed by atoms with Crippen LogP contribution in [0.15, 0.2) is 18.2 Å². The Labute approximate surface area is 117 Å². The van der Waals surface area contributed by atoms with Crippen LogP contribution in [0.3, 0.4) is 0 Å². The number of nitrogens with zero attached hydrogens (tertiary/aromatic N) is 1. The van der Waals surface area contributed by atoms with Crippen LogP contribution < -0.4 is 4.74 Å². The molecule has 1 fully saturated rings. The maximum atomic E-state index is 12.3. The molecular formula is C15H17NO4. The molecule has 1 amide bonds. The second-order valence-electron chi connectivity index (χ2n) is 4.57. The van der Waals surface area contributed by atoms with E-state index in [1.807, 2.05) is 0 Å². The predicted molar refractivity (Wildman–Crippen MR) is 73.5 cm³/mol. The van der Waals surface area contributed by atoms with Crippen molar-refractivity contribution in [1.29, 1.82) is 0 Å². The molecule has 0 aliphatic carbocycles. The molecule has 2 N–H and O–H groups in total. The van der Waals surface area contributed by atoms with Crippen LogP contribution in [0.2, 0.25) is 0 Å². The van der Waals surface area contributed by atoms with E-state index < -0.39 is 6.10 Å². The minimum Gasteiger partial charge on any atom is -0.495 e. The maximum Gasteiger partial charge on any atom is 0.253 e. The molecule has 1 aliphatic heterocycles. The van der Waals surface area contributed by atoms with Gasteiger partial charge >= 0.3 is 0 Å². The number of benzene rings is 1. The highest BCUT2D eigenvalue weighted by Gasteiger charge is 2.25. The van der Waals surface area contributed by atoms with Crippen molar-refractivity contribution in [3.05, 3.63) is 29.3 Å². The van der Waals surface area contributed by atoms with Crippen LogP contribution in [-0.4, -0.2) is 53.9 Å². The van der Waals surface area contributed by atoms with Crippen molar-refractivity contribution in [2.45, 2.75) is 12.5 Å². The van der Waals surface area contributed by atoms with Gasteiger partial charge in [0, 0.05) is 18.7 Å². The monoisotopic (exact) mass is 275 g/mol. The van der Waals surface area contributed by atoms with Crippen molar-refractivity contribution in [3.63, 3.8) is 0 Å². The van der Waals surface area contributed by atoms with E-state index >= 15 is 0 Å². The van der Waals surface area contributed by atoms with E-state index in [2.05, 4.69) is 11.8 Å². The number of rotatable bonds is 2. The highest BCUT2D eigenvalue weighted by molar-refractivity contribution is 5.95. The number of aliphatic hydroxyl groups excluding tert-OH is 2. The number of amides is 1. The second kappa shape index (κ2) is 6.42. The van der Waals surface area contributed by atoms with Gasteiger partial charge in [-0.25, -0.2) is 0 Å². The van der Waals surface area contributed by atoms with Crippen LogP contribution in [0, 0.1) is 11.8 Å². The zero-order valence-corrected chi connectivity index (χ0v) is 11.3. The summed E-state index contributed by atoms with van der Waals surface area (Å²) >= 11 is 0. The molecule has 5 nitrogen and oxygen atoms in total. The molecule has 106 valence electrons. The molecule has 0 saturated carbocycles. The molecular weight excluding hydrogens is 258 g/mol. The summed E-state index contributed by atoms with van der Waals surface area (Å²) in [7, 11) is 1.53. The lowest BCUT2D eigenvalue weighted by atomic mass is 10.1. The predicted octanol–water partition coefficient (Wildman–Crippen LogP) is 0.246. The Morgan fingerprint density at radius 2 is 2.35 bits per heavy atom. The van der Waals surface area contributed by atoms with Crippen molar-refractivity contribution in [2.75, 3.05) is 26.8 Å². The standard InChI is InChI=1S/C15H17NO4/c1-20-14-5-4-12(9-11(14)3-2-8-17)15(19)16-7-6-13(18)10-16/h4-5,9,13,17-18H,6-8,10H2,1H3. The number of methoxy groups -OCH3 is 1. The van der Waals surface area contributed by atoms with E-state index in [4.69, 9.17) is 9.84 Å². The van der Waals surface area contributed by atoms with Crippen molar-refractivity contribution in [2.24, 2.45) is 0 Å². The third-order valence-corrected chi connectivity index (χ3v) is 3.20. The first-order valence-electron chi connectivity index (χ1n) is 6.41. The summed E-state index contributed by atoms with van der Waals surface area (Å²) in [4.78, 5) is 13.9. The molecule has 1 atom stereocenters. The minimum atomic E-state index is -0.439. The first-order chi connectivity index (χ1) is 9.65.